The fourth-order valence-electron chi connectivity index (χ4n) is 2.10. The molecule has 1 aromatic heterocycles. The second-order valence-electron chi connectivity index (χ2n) is 4.38. The minimum Gasteiger partial charge on any atom is -0.494 e. The van der Waals surface area contributed by atoms with Crippen molar-refractivity contribution >= 4 is 16.6 Å². The fraction of sp³-hybridized carbons (Fsp3) is 0.0714. The summed E-state index contributed by atoms with van der Waals surface area (Å²) in [7, 11) is 1.39. The van der Waals surface area contributed by atoms with E-state index in [4.69, 9.17) is 4.74 Å². The summed E-state index contributed by atoms with van der Waals surface area (Å²) in [6.45, 7) is 0. The van der Waals surface area contributed by atoms with Crippen LogP contribution in [0.2, 0.25) is 0 Å². The third kappa shape index (κ3) is 2.18. The molecule has 0 aliphatic carbocycles. The van der Waals surface area contributed by atoms with Crippen molar-refractivity contribution in [2.24, 2.45) is 0 Å². The van der Waals surface area contributed by atoms with Crippen molar-refractivity contribution < 1.29 is 14.1 Å². The van der Waals surface area contributed by atoms with Crippen molar-refractivity contribution in [3.63, 3.8) is 0 Å². The molecule has 6 nitrogen and oxygen atoms in total. The van der Waals surface area contributed by atoms with Gasteiger partial charge in [0.15, 0.2) is 11.6 Å². The van der Waals surface area contributed by atoms with Crippen LogP contribution in [0, 0.1) is 15.9 Å². The lowest BCUT2D eigenvalue weighted by Gasteiger charge is -2.05. The van der Waals surface area contributed by atoms with Crippen molar-refractivity contribution in [2.45, 2.75) is 0 Å². The molecule has 0 radical (unpaired) electrons. The predicted molar refractivity (Wildman–Crippen MR) is 74.2 cm³/mol. The van der Waals surface area contributed by atoms with E-state index in [0.717, 1.165) is 0 Å². The quantitative estimate of drug-likeness (QED) is 0.548. The third-order valence-corrected chi connectivity index (χ3v) is 3.15. The molecule has 0 saturated heterocycles. The van der Waals surface area contributed by atoms with Gasteiger partial charge in [0.05, 0.1) is 29.4 Å². The number of nitro groups is 1. The summed E-state index contributed by atoms with van der Waals surface area (Å²) < 4.78 is 20.2. The van der Waals surface area contributed by atoms with Gasteiger partial charge in [0.2, 0.25) is 0 Å². The molecule has 21 heavy (non-hydrogen) atoms. The molecule has 106 valence electrons. The summed E-state index contributed by atoms with van der Waals surface area (Å²) in [5.41, 5.74) is 1.30. The Labute approximate surface area is 118 Å². The zero-order chi connectivity index (χ0) is 15.0. The lowest BCUT2D eigenvalue weighted by molar-refractivity contribution is -0.384. The van der Waals surface area contributed by atoms with Crippen LogP contribution in [0.5, 0.6) is 5.75 Å². The third-order valence-electron chi connectivity index (χ3n) is 3.15. The van der Waals surface area contributed by atoms with Crippen LogP contribution < -0.4 is 4.74 Å². The van der Waals surface area contributed by atoms with Gasteiger partial charge in [-0.1, -0.05) is 0 Å². The molecule has 0 aliphatic heterocycles. The predicted octanol–water partition coefficient (Wildman–Crippen LogP) is 3.08. The lowest BCUT2D eigenvalue weighted by Crippen LogP contribution is -1.97. The van der Waals surface area contributed by atoms with Crippen molar-refractivity contribution in [2.75, 3.05) is 7.11 Å². The first kappa shape index (κ1) is 13.0. The Morgan fingerprint density at radius 3 is 2.62 bits per heavy atom. The van der Waals surface area contributed by atoms with E-state index in [1.54, 1.807) is 22.9 Å². The molecule has 3 aromatic rings. The number of nitro benzene ring substituents is 1. The molecule has 0 atom stereocenters. The van der Waals surface area contributed by atoms with Crippen molar-refractivity contribution in [1.29, 1.82) is 0 Å². The smallest absolute Gasteiger partial charge is 0.269 e. The van der Waals surface area contributed by atoms with Gasteiger partial charge >= 0.3 is 0 Å². The monoisotopic (exact) mass is 287 g/mol. The topological polar surface area (TPSA) is 70.2 Å². The molecule has 2 aromatic carbocycles. The summed E-state index contributed by atoms with van der Waals surface area (Å²) >= 11 is 0. The maximum Gasteiger partial charge on any atom is 0.269 e. The maximum atomic E-state index is 13.6. The average Bonchev–Trinajstić information content (AvgIpc) is 2.89. The first-order chi connectivity index (χ1) is 10.1. The molecule has 3 rings (SSSR count). The number of fused-ring (bicyclic) bond motifs is 1. The van der Waals surface area contributed by atoms with Crippen molar-refractivity contribution in [3.05, 3.63) is 58.5 Å². The Kier molecular flexibility index (Phi) is 3.02. The van der Waals surface area contributed by atoms with Gasteiger partial charge < -0.3 is 4.74 Å². The highest BCUT2D eigenvalue weighted by Gasteiger charge is 2.12. The zero-order valence-corrected chi connectivity index (χ0v) is 11.0. The Morgan fingerprint density at radius 1 is 1.29 bits per heavy atom. The number of halogens is 1. The number of nitrogens with zero attached hydrogens (tertiary/aromatic N) is 3. The van der Waals surface area contributed by atoms with Crippen LogP contribution in [-0.2, 0) is 0 Å². The van der Waals surface area contributed by atoms with Crippen LogP contribution in [0.3, 0.4) is 0 Å². The van der Waals surface area contributed by atoms with Crippen LogP contribution in [0.15, 0.2) is 42.6 Å². The zero-order valence-electron chi connectivity index (χ0n) is 11.0. The highest BCUT2D eigenvalue weighted by atomic mass is 19.1. The largest absolute Gasteiger partial charge is 0.494 e. The molecule has 7 heteroatoms. The Bertz CT molecular complexity index is 827. The van der Waals surface area contributed by atoms with Gasteiger partial charge in [-0.05, 0) is 18.2 Å². The molecular formula is C14H10FN3O3. The Balaban J connectivity index is 2.13. The van der Waals surface area contributed by atoms with E-state index < -0.39 is 10.7 Å². The average molecular weight is 287 g/mol. The molecule has 0 bridgehead atoms. The Hall–Kier alpha value is -2.96. The van der Waals surface area contributed by atoms with Gasteiger partial charge in [-0.2, -0.15) is 5.10 Å². The van der Waals surface area contributed by atoms with Gasteiger partial charge in [0, 0.05) is 23.6 Å². The summed E-state index contributed by atoms with van der Waals surface area (Å²) in [6, 6.07) is 8.83. The second-order valence-corrected chi connectivity index (χ2v) is 4.38. The van der Waals surface area contributed by atoms with Gasteiger partial charge in [0.1, 0.15) is 0 Å². The van der Waals surface area contributed by atoms with Crippen LogP contribution in [0.4, 0.5) is 10.1 Å². The van der Waals surface area contributed by atoms with Gasteiger partial charge in [-0.25, -0.2) is 9.07 Å². The normalized spacial score (nSPS) is 10.8. The molecular weight excluding hydrogens is 277 g/mol. The molecule has 0 aliphatic rings. The van der Waals surface area contributed by atoms with Gasteiger partial charge in [0.25, 0.3) is 5.69 Å². The number of ether oxygens (including phenoxy) is 1. The second kappa shape index (κ2) is 4.86. The lowest BCUT2D eigenvalue weighted by atomic mass is 10.2. The Morgan fingerprint density at radius 2 is 2.00 bits per heavy atom. The van der Waals surface area contributed by atoms with E-state index in [2.05, 4.69) is 5.10 Å². The first-order valence-corrected chi connectivity index (χ1v) is 6.06. The van der Waals surface area contributed by atoms with Crippen LogP contribution >= 0.6 is 0 Å². The van der Waals surface area contributed by atoms with Crippen LogP contribution in [0.1, 0.15) is 0 Å². The number of methoxy groups -OCH3 is 1. The van der Waals surface area contributed by atoms with E-state index in [-0.39, 0.29) is 11.4 Å². The van der Waals surface area contributed by atoms with E-state index in [0.29, 0.717) is 16.6 Å². The highest BCUT2D eigenvalue weighted by molar-refractivity contribution is 5.82. The number of aromatic nitrogens is 2. The molecule has 1 heterocycles. The highest BCUT2D eigenvalue weighted by Crippen LogP contribution is 2.26. The van der Waals surface area contributed by atoms with Gasteiger partial charge in [-0.3, -0.25) is 10.1 Å². The number of non-ortho nitro benzene ring substituents is 1. The van der Waals surface area contributed by atoms with Crippen molar-refractivity contribution in [1.82, 2.24) is 9.78 Å². The molecule has 0 spiro atoms. The summed E-state index contributed by atoms with van der Waals surface area (Å²) in [4.78, 5) is 10.2. The molecule has 0 saturated carbocycles. The van der Waals surface area contributed by atoms with E-state index >= 15 is 0 Å². The van der Waals surface area contributed by atoms with E-state index in [9.17, 15) is 14.5 Å². The number of rotatable bonds is 3. The summed E-state index contributed by atoms with van der Waals surface area (Å²) in [5.74, 6) is -0.348. The maximum absolute atomic E-state index is 13.6. The van der Waals surface area contributed by atoms with Crippen molar-refractivity contribution in [3.8, 4) is 11.4 Å². The number of hydrogen-bond donors (Lipinski definition) is 0. The minimum atomic E-state index is -0.469. The molecule has 0 unspecified atom stereocenters. The molecule has 0 fully saturated rings. The number of benzene rings is 2. The summed E-state index contributed by atoms with van der Waals surface area (Å²) in [6.07, 6.45) is 1.53. The fourth-order valence-corrected chi connectivity index (χ4v) is 2.10. The SMILES string of the molecule is COc1cc2c(cnn2-c2ccc([N+](=O)[O-])cc2)cc1F. The molecule has 0 N–H and O–H groups in total. The number of hydrogen-bond acceptors (Lipinski definition) is 4. The van der Waals surface area contributed by atoms with Crippen LogP contribution in [-0.4, -0.2) is 21.8 Å². The van der Waals surface area contributed by atoms with Crippen LogP contribution in [0.25, 0.3) is 16.6 Å². The van der Waals surface area contributed by atoms with E-state index in [1.165, 1.54) is 31.5 Å². The summed E-state index contributed by atoms with van der Waals surface area (Å²) in [5, 5.41) is 15.5. The molecule has 0 amide bonds. The van der Waals surface area contributed by atoms with E-state index in [1.807, 2.05) is 0 Å². The van der Waals surface area contributed by atoms with Gasteiger partial charge in [-0.15, -0.1) is 0 Å². The first-order valence-electron chi connectivity index (χ1n) is 6.06. The standard InChI is InChI=1S/C14H10FN3O3/c1-21-14-7-13-9(6-12(14)15)8-16-17(13)10-2-4-11(5-3-10)18(19)20/h2-8H,1H3. The minimum absolute atomic E-state index is 0.00108.